The van der Waals surface area contributed by atoms with Crippen molar-refractivity contribution in [3.05, 3.63) is 54.1 Å². The number of hydrogen-bond donors (Lipinski definition) is 3. The molecule has 0 amide bonds. The molecule has 0 bridgehead atoms. The third-order valence-corrected chi connectivity index (χ3v) is 5.02. The van der Waals surface area contributed by atoms with Gasteiger partial charge in [-0.1, -0.05) is 24.3 Å². The Morgan fingerprint density at radius 2 is 2.00 bits per heavy atom. The Kier molecular flexibility index (Phi) is 6.26. The van der Waals surface area contributed by atoms with Gasteiger partial charge < -0.3 is 25.6 Å². The summed E-state index contributed by atoms with van der Waals surface area (Å²) < 4.78 is 12.8. The molecule has 162 valence electrons. The molecule has 1 aromatic heterocycles. The van der Waals surface area contributed by atoms with Gasteiger partial charge in [-0.05, 0) is 42.8 Å². The first-order valence-electron chi connectivity index (χ1n) is 10.1. The van der Waals surface area contributed by atoms with Crippen LogP contribution in [0.5, 0.6) is 5.75 Å². The van der Waals surface area contributed by atoms with Crippen molar-refractivity contribution in [1.82, 2.24) is 9.55 Å². The van der Waals surface area contributed by atoms with Crippen molar-refractivity contribution < 1.29 is 24.2 Å². The molecular weight excluding hydrogens is 400 g/mol. The molecule has 2 aromatic carbocycles. The number of carbonyl (C=O) groups excluding carboxylic acids is 2. The van der Waals surface area contributed by atoms with Crippen molar-refractivity contribution in [2.45, 2.75) is 25.3 Å². The molecule has 1 aliphatic heterocycles. The van der Waals surface area contributed by atoms with Gasteiger partial charge in [-0.3, -0.25) is 14.2 Å². The molecule has 1 aliphatic rings. The maximum Gasteiger partial charge on any atom is 0.251 e. The van der Waals surface area contributed by atoms with Crippen molar-refractivity contribution in [2.24, 2.45) is 5.73 Å². The van der Waals surface area contributed by atoms with Crippen LogP contribution in [0.3, 0.4) is 0 Å². The van der Waals surface area contributed by atoms with Crippen molar-refractivity contribution in [2.75, 3.05) is 25.1 Å². The van der Waals surface area contributed by atoms with E-state index in [9.17, 15) is 14.7 Å². The van der Waals surface area contributed by atoms with Crippen molar-refractivity contribution in [1.29, 1.82) is 0 Å². The molecule has 0 radical (unpaired) electrons. The van der Waals surface area contributed by atoms with Gasteiger partial charge >= 0.3 is 0 Å². The summed E-state index contributed by atoms with van der Waals surface area (Å²) in [4.78, 5) is 29.2. The first-order valence-corrected chi connectivity index (χ1v) is 10.1. The van der Waals surface area contributed by atoms with Crippen LogP contribution in [0, 0.1) is 0 Å². The second-order valence-electron chi connectivity index (χ2n) is 7.17. The van der Waals surface area contributed by atoms with Gasteiger partial charge in [0, 0.05) is 6.54 Å². The molecule has 2 heterocycles. The average Bonchev–Trinajstić information content (AvgIpc) is 3.29. The summed E-state index contributed by atoms with van der Waals surface area (Å²) in [5.41, 5.74) is 7.75. The van der Waals surface area contributed by atoms with Gasteiger partial charge in [-0.2, -0.15) is 0 Å². The lowest BCUT2D eigenvalue weighted by atomic mass is 10.2. The highest BCUT2D eigenvalue weighted by Crippen LogP contribution is 2.31. The minimum Gasteiger partial charge on any atom is -0.494 e. The van der Waals surface area contributed by atoms with Crippen LogP contribution in [-0.4, -0.2) is 52.1 Å². The maximum absolute atomic E-state index is 12.5. The van der Waals surface area contributed by atoms with E-state index in [1.807, 2.05) is 42.5 Å². The number of aromatic nitrogens is 2. The van der Waals surface area contributed by atoms with E-state index in [1.165, 1.54) is 0 Å². The Hall–Kier alpha value is -3.27. The number of ketones is 2. The zero-order valence-electron chi connectivity index (χ0n) is 16.9. The summed E-state index contributed by atoms with van der Waals surface area (Å²) >= 11 is 0. The number of aliphatic hydroxyl groups excluding tert-OH is 1. The number of anilines is 1. The van der Waals surface area contributed by atoms with Gasteiger partial charge in [0.05, 0.1) is 24.2 Å². The molecule has 4 rings (SSSR count). The first kappa shape index (κ1) is 21.0. The summed E-state index contributed by atoms with van der Waals surface area (Å²) in [6.45, 7) is 0.979. The largest absolute Gasteiger partial charge is 0.494 e. The van der Waals surface area contributed by atoms with E-state index < -0.39 is 30.5 Å². The quantitative estimate of drug-likeness (QED) is 0.347. The lowest BCUT2D eigenvalue weighted by Gasteiger charge is -2.16. The number of aliphatic hydroxyl groups is 1. The number of benzene rings is 2. The number of nitrogens with zero attached hydrogens (tertiary/aromatic N) is 2. The highest BCUT2D eigenvalue weighted by molar-refractivity contribution is 6.41. The highest BCUT2D eigenvalue weighted by Gasteiger charge is 2.44. The normalized spacial score (nSPS) is 18.6. The van der Waals surface area contributed by atoms with Crippen LogP contribution in [-0.2, 0) is 20.9 Å². The van der Waals surface area contributed by atoms with Crippen LogP contribution in [0.25, 0.3) is 11.0 Å². The number of Topliss-reactive ketones (excluding diaryl/α,β-unsaturated/α-hetero) is 2. The minimum atomic E-state index is -1.18. The molecule has 1 saturated heterocycles. The SMILES string of the molecule is NCCCOc1cccc(CNc2nc3ccccc3n2[C@@H]2OC(CO)C(=O)C2=O)c1. The monoisotopic (exact) mass is 424 g/mol. The molecule has 0 aliphatic carbocycles. The van der Waals surface area contributed by atoms with Gasteiger partial charge in [-0.15, -0.1) is 0 Å². The van der Waals surface area contributed by atoms with Crippen LogP contribution in [0.4, 0.5) is 5.95 Å². The van der Waals surface area contributed by atoms with E-state index in [1.54, 1.807) is 10.6 Å². The first-order chi connectivity index (χ1) is 15.1. The molecule has 4 N–H and O–H groups in total. The van der Waals surface area contributed by atoms with Crippen LogP contribution in [0.2, 0.25) is 0 Å². The number of rotatable bonds is 9. The van der Waals surface area contributed by atoms with E-state index in [0.29, 0.717) is 36.7 Å². The zero-order chi connectivity index (χ0) is 21.8. The number of nitrogens with two attached hydrogens (primary N) is 1. The summed E-state index contributed by atoms with van der Waals surface area (Å²) in [5.74, 6) is -0.313. The number of hydrogen-bond acceptors (Lipinski definition) is 8. The lowest BCUT2D eigenvalue weighted by molar-refractivity contribution is -0.136. The number of nitrogens with one attached hydrogen (secondary N) is 1. The van der Waals surface area contributed by atoms with E-state index >= 15 is 0 Å². The summed E-state index contributed by atoms with van der Waals surface area (Å²) in [6, 6.07) is 14.9. The standard InChI is InChI=1S/C22H24N4O5/c23-9-4-10-30-15-6-3-5-14(11-15)12-24-22-25-16-7-1-2-8-17(16)26(22)21-20(29)19(28)18(13-27)31-21/h1-3,5-8,11,18,21,27H,4,9-10,12-13,23H2,(H,24,25)/t18?,21-/m1/s1. The van der Waals surface area contributed by atoms with Gasteiger partial charge in [0.15, 0.2) is 0 Å². The summed E-state index contributed by atoms with van der Waals surface area (Å²) in [5, 5.41) is 12.6. The predicted octanol–water partition coefficient (Wildman–Crippen LogP) is 1.40. The Morgan fingerprint density at radius 1 is 1.16 bits per heavy atom. The molecule has 0 spiro atoms. The molecule has 31 heavy (non-hydrogen) atoms. The number of ether oxygens (including phenoxy) is 2. The fourth-order valence-corrected chi connectivity index (χ4v) is 3.47. The average molecular weight is 424 g/mol. The molecule has 1 unspecified atom stereocenters. The van der Waals surface area contributed by atoms with Crippen molar-refractivity contribution >= 4 is 28.5 Å². The lowest BCUT2D eigenvalue weighted by Crippen LogP contribution is -2.23. The summed E-state index contributed by atoms with van der Waals surface area (Å²) in [6.07, 6.45) is -1.56. The second-order valence-corrected chi connectivity index (χ2v) is 7.17. The van der Waals surface area contributed by atoms with Crippen LogP contribution < -0.4 is 15.8 Å². The minimum absolute atomic E-state index is 0.389. The number of fused-ring (bicyclic) bond motifs is 1. The highest BCUT2D eigenvalue weighted by atomic mass is 16.5. The molecule has 1 fully saturated rings. The number of carbonyl (C=O) groups is 2. The maximum atomic E-state index is 12.5. The van der Waals surface area contributed by atoms with Crippen LogP contribution >= 0.6 is 0 Å². The molecule has 2 atom stereocenters. The number of para-hydroxylation sites is 2. The molecule has 9 heteroatoms. The molecule has 0 saturated carbocycles. The second kappa shape index (κ2) is 9.25. The van der Waals surface area contributed by atoms with Crippen LogP contribution in [0.15, 0.2) is 48.5 Å². The fraction of sp³-hybridized carbons (Fsp3) is 0.318. The van der Waals surface area contributed by atoms with E-state index in [2.05, 4.69) is 10.3 Å². The Morgan fingerprint density at radius 3 is 2.77 bits per heavy atom. The van der Waals surface area contributed by atoms with Crippen LogP contribution in [0.1, 0.15) is 18.2 Å². The fourth-order valence-electron chi connectivity index (χ4n) is 3.47. The zero-order valence-corrected chi connectivity index (χ0v) is 16.9. The number of imidazole rings is 1. The smallest absolute Gasteiger partial charge is 0.251 e. The molecular formula is C22H24N4O5. The van der Waals surface area contributed by atoms with E-state index in [4.69, 9.17) is 15.2 Å². The van der Waals surface area contributed by atoms with E-state index in [0.717, 1.165) is 17.7 Å². The van der Waals surface area contributed by atoms with E-state index in [-0.39, 0.29) is 0 Å². The van der Waals surface area contributed by atoms with Gasteiger partial charge in [0.2, 0.25) is 18.0 Å². The van der Waals surface area contributed by atoms with Gasteiger partial charge in [0.1, 0.15) is 11.9 Å². The Labute approximate surface area is 178 Å². The third kappa shape index (κ3) is 4.29. The summed E-state index contributed by atoms with van der Waals surface area (Å²) in [7, 11) is 0. The van der Waals surface area contributed by atoms with Crippen molar-refractivity contribution in [3.8, 4) is 5.75 Å². The third-order valence-electron chi connectivity index (χ3n) is 5.02. The molecule has 3 aromatic rings. The van der Waals surface area contributed by atoms with Crippen molar-refractivity contribution in [3.63, 3.8) is 0 Å². The van der Waals surface area contributed by atoms with Gasteiger partial charge in [-0.25, -0.2) is 4.98 Å². The van der Waals surface area contributed by atoms with Gasteiger partial charge in [0.25, 0.3) is 5.78 Å². The molecule has 9 nitrogen and oxygen atoms in total. The predicted molar refractivity (Wildman–Crippen MR) is 114 cm³/mol. The Bertz CT molecular complexity index is 1100. The Balaban J connectivity index is 1.59. The topological polar surface area (TPSA) is 129 Å².